The molecule has 0 saturated carbocycles. The second-order valence-electron chi connectivity index (χ2n) is 4.84. The van der Waals surface area contributed by atoms with E-state index in [0.29, 0.717) is 0 Å². The molecule has 0 aromatic heterocycles. The smallest absolute Gasteiger partial charge is 0.0491 e. The van der Waals surface area contributed by atoms with Crippen molar-refractivity contribution in [2.24, 2.45) is 5.92 Å². The second-order valence-corrected chi connectivity index (χ2v) is 4.84. The van der Waals surface area contributed by atoms with E-state index >= 15 is 0 Å². The Labute approximate surface area is 101 Å². The van der Waals surface area contributed by atoms with Gasteiger partial charge in [0.1, 0.15) is 0 Å². The van der Waals surface area contributed by atoms with E-state index in [1.54, 1.807) is 0 Å². The van der Waals surface area contributed by atoms with Gasteiger partial charge in [-0.2, -0.15) is 0 Å². The third kappa shape index (κ3) is 5.83. The van der Waals surface area contributed by atoms with Crippen LogP contribution < -0.4 is 5.32 Å². The molecule has 1 N–H and O–H groups in total. The zero-order valence-corrected chi connectivity index (χ0v) is 11.0. The van der Waals surface area contributed by atoms with Crippen LogP contribution in [-0.2, 0) is 4.74 Å². The van der Waals surface area contributed by atoms with Gasteiger partial charge in [-0.1, -0.05) is 13.3 Å². The third-order valence-electron chi connectivity index (χ3n) is 3.42. The van der Waals surface area contributed by atoms with Crippen LogP contribution in [0.25, 0.3) is 0 Å². The first-order valence-electron chi connectivity index (χ1n) is 6.78. The number of likely N-dealkylation sites (tertiary alicyclic amines) is 1. The molecule has 16 heavy (non-hydrogen) atoms. The van der Waals surface area contributed by atoms with Gasteiger partial charge in [-0.3, -0.25) is 0 Å². The molecular weight excluding hydrogens is 200 g/mol. The van der Waals surface area contributed by atoms with Crippen LogP contribution in [0.4, 0.5) is 0 Å². The Morgan fingerprint density at radius 2 is 2.00 bits per heavy atom. The van der Waals surface area contributed by atoms with E-state index in [0.717, 1.165) is 19.1 Å². The lowest BCUT2D eigenvalue weighted by Crippen LogP contribution is -2.39. The van der Waals surface area contributed by atoms with Gasteiger partial charge in [-0.15, -0.1) is 0 Å². The number of nitrogens with one attached hydrogen (secondary N) is 1. The first-order valence-corrected chi connectivity index (χ1v) is 6.78. The predicted molar refractivity (Wildman–Crippen MR) is 68.8 cm³/mol. The molecule has 3 nitrogen and oxygen atoms in total. The SMILES string of the molecule is CCCCNCCN1CCC(COC)CC1. The average molecular weight is 228 g/mol. The number of rotatable bonds is 8. The number of nitrogens with zero attached hydrogens (tertiary/aromatic N) is 1. The van der Waals surface area contributed by atoms with Crippen LogP contribution >= 0.6 is 0 Å². The molecule has 0 aromatic rings. The molecule has 96 valence electrons. The number of unbranched alkanes of at least 4 members (excludes halogenated alkanes) is 1. The van der Waals surface area contributed by atoms with Crippen LogP contribution in [-0.4, -0.2) is 51.3 Å². The number of piperidine rings is 1. The molecule has 0 spiro atoms. The zero-order chi connectivity index (χ0) is 11.6. The first-order chi connectivity index (χ1) is 7.86. The van der Waals surface area contributed by atoms with Crippen molar-refractivity contribution in [2.45, 2.75) is 32.6 Å². The summed E-state index contributed by atoms with van der Waals surface area (Å²) in [4.78, 5) is 2.57. The second kappa shape index (κ2) is 8.97. The van der Waals surface area contributed by atoms with Crippen LogP contribution in [0.3, 0.4) is 0 Å². The van der Waals surface area contributed by atoms with Crippen LogP contribution in [0, 0.1) is 5.92 Å². The van der Waals surface area contributed by atoms with Crippen molar-refractivity contribution in [2.75, 3.05) is 46.4 Å². The Hall–Kier alpha value is -0.120. The topological polar surface area (TPSA) is 24.5 Å². The number of hydrogen-bond acceptors (Lipinski definition) is 3. The van der Waals surface area contributed by atoms with E-state index in [-0.39, 0.29) is 0 Å². The van der Waals surface area contributed by atoms with E-state index in [1.807, 2.05) is 7.11 Å². The fraction of sp³-hybridized carbons (Fsp3) is 1.00. The van der Waals surface area contributed by atoms with Crippen LogP contribution in [0.5, 0.6) is 0 Å². The Kier molecular flexibility index (Phi) is 7.81. The van der Waals surface area contributed by atoms with Crippen molar-refractivity contribution < 1.29 is 4.74 Å². The summed E-state index contributed by atoms with van der Waals surface area (Å²) in [5.41, 5.74) is 0. The van der Waals surface area contributed by atoms with Gasteiger partial charge >= 0.3 is 0 Å². The highest BCUT2D eigenvalue weighted by Crippen LogP contribution is 2.16. The van der Waals surface area contributed by atoms with Crippen molar-refractivity contribution in [3.63, 3.8) is 0 Å². The summed E-state index contributed by atoms with van der Waals surface area (Å²) in [7, 11) is 1.81. The molecule has 1 saturated heterocycles. The standard InChI is InChI=1S/C13H28N2O/c1-3-4-7-14-8-11-15-9-5-13(6-10-15)12-16-2/h13-14H,3-12H2,1-2H3. The van der Waals surface area contributed by atoms with E-state index in [9.17, 15) is 0 Å². The molecule has 0 unspecified atom stereocenters. The zero-order valence-electron chi connectivity index (χ0n) is 11.0. The molecule has 0 amide bonds. The molecule has 0 bridgehead atoms. The summed E-state index contributed by atoms with van der Waals surface area (Å²) >= 11 is 0. The quantitative estimate of drug-likeness (QED) is 0.640. The Morgan fingerprint density at radius 1 is 1.25 bits per heavy atom. The van der Waals surface area contributed by atoms with E-state index in [4.69, 9.17) is 4.74 Å². The molecule has 1 heterocycles. The van der Waals surface area contributed by atoms with Crippen LogP contribution in [0.1, 0.15) is 32.6 Å². The Balaban J connectivity index is 1.95. The predicted octanol–water partition coefficient (Wildman–Crippen LogP) is 1.73. The minimum atomic E-state index is 0.800. The Bertz CT molecular complexity index is 156. The average Bonchev–Trinajstić information content (AvgIpc) is 2.31. The highest BCUT2D eigenvalue weighted by Gasteiger charge is 2.18. The highest BCUT2D eigenvalue weighted by molar-refractivity contribution is 4.72. The molecule has 3 heteroatoms. The summed E-state index contributed by atoms with van der Waals surface area (Å²) in [5.74, 6) is 0.800. The van der Waals surface area contributed by atoms with E-state index < -0.39 is 0 Å². The minimum Gasteiger partial charge on any atom is -0.384 e. The summed E-state index contributed by atoms with van der Waals surface area (Å²) in [6.45, 7) is 9.23. The molecule has 0 radical (unpaired) electrons. The van der Waals surface area contributed by atoms with Gasteiger partial charge in [-0.05, 0) is 44.8 Å². The monoisotopic (exact) mass is 228 g/mol. The van der Waals surface area contributed by atoms with Gasteiger partial charge in [0, 0.05) is 26.8 Å². The normalized spacial score (nSPS) is 19.1. The van der Waals surface area contributed by atoms with Crippen molar-refractivity contribution >= 4 is 0 Å². The lowest BCUT2D eigenvalue weighted by molar-refractivity contribution is 0.0999. The van der Waals surface area contributed by atoms with Gasteiger partial charge in [0.15, 0.2) is 0 Å². The molecule has 1 fully saturated rings. The number of hydrogen-bond donors (Lipinski definition) is 1. The van der Waals surface area contributed by atoms with Gasteiger partial charge < -0.3 is 15.0 Å². The van der Waals surface area contributed by atoms with Crippen molar-refractivity contribution in [1.82, 2.24) is 10.2 Å². The molecule has 1 aliphatic rings. The van der Waals surface area contributed by atoms with Crippen molar-refractivity contribution in [3.05, 3.63) is 0 Å². The maximum Gasteiger partial charge on any atom is 0.0491 e. The van der Waals surface area contributed by atoms with Gasteiger partial charge in [0.05, 0.1) is 0 Å². The fourth-order valence-corrected chi connectivity index (χ4v) is 2.28. The summed E-state index contributed by atoms with van der Waals surface area (Å²) < 4.78 is 5.21. The summed E-state index contributed by atoms with van der Waals surface area (Å²) in [6, 6.07) is 0. The largest absolute Gasteiger partial charge is 0.384 e. The number of methoxy groups -OCH3 is 1. The lowest BCUT2D eigenvalue weighted by atomic mass is 9.98. The molecule has 0 aliphatic carbocycles. The first kappa shape index (κ1) is 13.9. The van der Waals surface area contributed by atoms with Gasteiger partial charge in [-0.25, -0.2) is 0 Å². The van der Waals surface area contributed by atoms with Crippen LogP contribution in [0.2, 0.25) is 0 Å². The number of ether oxygens (including phenoxy) is 1. The third-order valence-corrected chi connectivity index (χ3v) is 3.42. The molecule has 0 atom stereocenters. The fourth-order valence-electron chi connectivity index (χ4n) is 2.28. The van der Waals surface area contributed by atoms with Crippen LogP contribution in [0.15, 0.2) is 0 Å². The van der Waals surface area contributed by atoms with E-state index in [1.165, 1.54) is 51.9 Å². The Morgan fingerprint density at radius 3 is 2.62 bits per heavy atom. The van der Waals surface area contributed by atoms with Gasteiger partial charge in [0.25, 0.3) is 0 Å². The highest BCUT2D eigenvalue weighted by atomic mass is 16.5. The molecular formula is C13H28N2O. The minimum absolute atomic E-state index is 0.800. The maximum absolute atomic E-state index is 5.21. The summed E-state index contributed by atoms with van der Waals surface area (Å²) in [6.07, 6.45) is 5.21. The molecule has 1 rings (SSSR count). The van der Waals surface area contributed by atoms with Crippen molar-refractivity contribution in [3.8, 4) is 0 Å². The van der Waals surface area contributed by atoms with Gasteiger partial charge in [0.2, 0.25) is 0 Å². The maximum atomic E-state index is 5.21. The van der Waals surface area contributed by atoms with Crippen molar-refractivity contribution in [1.29, 1.82) is 0 Å². The summed E-state index contributed by atoms with van der Waals surface area (Å²) in [5, 5.41) is 3.50. The lowest BCUT2D eigenvalue weighted by Gasteiger charge is -2.31. The molecule has 1 aliphatic heterocycles. The molecule has 0 aromatic carbocycles. The van der Waals surface area contributed by atoms with E-state index in [2.05, 4.69) is 17.1 Å².